The number of hydrogen-bond donors (Lipinski definition) is 0. The maximum absolute atomic E-state index is 5.15. The van der Waals surface area contributed by atoms with Crippen molar-refractivity contribution in [3.8, 4) is 0 Å². The molecule has 3 rings (SSSR count). The Labute approximate surface area is 148 Å². The summed E-state index contributed by atoms with van der Waals surface area (Å²) in [6, 6.07) is 2.00. The number of hydrogen-bond acceptors (Lipinski definition) is 8. The molecule has 0 radical (unpaired) electrons. The Hall–Kier alpha value is -2.22. The first kappa shape index (κ1) is 17.6. The molecule has 0 aromatic carbocycles. The third-order valence-electron chi connectivity index (χ3n) is 4.26. The van der Waals surface area contributed by atoms with Gasteiger partial charge < -0.3 is 14.3 Å². The quantitative estimate of drug-likeness (QED) is 0.810. The zero-order valence-corrected chi connectivity index (χ0v) is 15.7. The van der Waals surface area contributed by atoms with Gasteiger partial charge in [-0.05, 0) is 6.92 Å². The molecule has 0 unspecified atom stereocenters. The van der Waals surface area contributed by atoms with Gasteiger partial charge in [0.25, 0.3) is 0 Å². The highest BCUT2D eigenvalue weighted by molar-refractivity contribution is 5.39. The molecule has 8 nitrogen and oxygen atoms in total. The van der Waals surface area contributed by atoms with Gasteiger partial charge in [0.15, 0.2) is 0 Å². The summed E-state index contributed by atoms with van der Waals surface area (Å²) in [5, 5.41) is 4.08. The van der Waals surface area contributed by atoms with Crippen molar-refractivity contribution in [1.29, 1.82) is 0 Å². The molecule has 1 aliphatic heterocycles. The fourth-order valence-corrected chi connectivity index (χ4v) is 2.80. The predicted molar refractivity (Wildman–Crippen MR) is 97.0 cm³/mol. The molecule has 0 spiro atoms. The van der Waals surface area contributed by atoms with E-state index in [0.717, 1.165) is 56.0 Å². The molecule has 136 valence electrons. The summed E-state index contributed by atoms with van der Waals surface area (Å²) in [6.45, 7) is 10.6. The molecule has 0 aliphatic carbocycles. The van der Waals surface area contributed by atoms with Crippen molar-refractivity contribution in [1.82, 2.24) is 25.0 Å². The summed E-state index contributed by atoms with van der Waals surface area (Å²) >= 11 is 0. The van der Waals surface area contributed by atoms with Gasteiger partial charge in [-0.2, -0.15) is 15.0 Å². The molecule has 1 aliphatic rings. The second-order valence-electron chi connectivity index (χ2n) is 7.03. The van der Waals surface area contributed by atoms with Crippen molar-refractivity contribution in [3.05, 3.63) is 23.3 Å². The second-order valence-corrected chi connectivity index (χ2v) is 7.03. The lowest BCUT2D eigenvalue weighted by Crippen LogP contribution is -2.46. The Morgan fingerprint density at radius 2 is 1.84 bits per heavy atom. The minimum atomic E-state index is 0.275. The average molecular weight is 345 g/mol. The van der Waals surface area contributed by atoms with Crippen LogP contribution in [0.4, 0.5) is 11.9 Å². The van der Waals surface area contributed by atoms with E-state index in [1.165, 1.54) is 0 Å². The number of aryl methyl sites for hydroxylation is 1. The highest BCUT2D eigenvalue weighted by Crippen LogP contribution is 2.19. The highest BCUT2D eigenvalue weighted by Gasteiger charge is 2.22. The van der Waals surface area contributed by atoms with E-state index in [-0.39, 0.29) is 5.92 Å². The van der Waals surface area contributed by atoms with Gasteiger partial charge in [0, 0.05) is 58.8 Å². The van der Waals surface area contributed by atoms with Crippen LogP contribution in [0.15, 0.2) is 10.6 Å². The molecule has 0 atom stereocenters. The third-order valence-corrected chi connectivity index (χ3v) is 4.26. The van der Waals surface area contributed by atoms with Crippen molar-refractivity contribution < 1.29 is 4.52 Å². The van der Waals surface area contributed by atoms with Crippen molar-refractivity contribution in [2.75, 3.05) is 50.1 Å². The zero-order valence-electron chi connectivity index (χ0n) is 15.7. The van der Waals surface area contributed by atoms with E-state index in [9.17, 15) is 0 Å². The van der Waals surface area contributed by atoms with E-state index in [1.54, 1.807) is 0 Å². The van der Waals surface area contributed by atoms with Crippen LogP contribution < -0.4 is 9.80 Å². The molecular formula is C17H27N7O. The van der Waals surface area contributed by atoms with Crippen LogP contribution in [0.5, 0.6) is 0 Å². The first-order valence-corrected chi connectivity index (χ1v) is 8.75. The lowest BCUT2D eigenvalue weighted by atomic mass is 10.2. The normalized spacial score (nSPS) is 15.8. The van der Waals surface area contributed by atoms with Crippen LogP contribution in [0.1, 0.15) is 37.0 Å². The zero-order chi connectivity index (χ0) is 18.0. The number of anilines is 2. The number of piperazine rings is 1. The van der Waals surface area contributed by atoms with Gasteiger partial charge in [-0.1, -0.05) is 19.0 Å². The van der Waals surface area contributed by atoms with E-state index in [2.05, 4.69) is 43.8 Å². The third kappa shape index (κ3) is 4.25. The minimum Gasteiger partial charge on any atom is -0.361 e. The second kappa shape index (κ2) is 7.35. The van der Waals surface area contributed by atoms with Gasteiger partial charge in [0.2, 0.25) is 11.9 Å². The maximum Gasteiger partial charge on any atom is 0.230 e. The molecule has 8 heteroatoms. The molecular weight excluding hydrogens is 318 g/mol. The summed E-state index contributed by atoms with van der Waals surface area (Å²) in [7, 11) is 3.92. The van der Waals surface area contributed by atoms with Crippen LogP contribution in [0.25, 0.3) is 0 Å². The van der Waals surface area contributed by atoms with Gasteiger partial charge >= 0.3 is 0 Å². The molecule has 2 aromatic heterocycles. The molecule has 0 bridgehead atoms. The van der Waals surface area contributed by atoms with E-state index in [4.69, 9.17) is 4.52 Å². The van der Waals surface area contributed by atoms with Gasteiger partial charge in [-0.15, -0.1) is 0 Å². The molecule has 0 N–H and O–H groups in total. The minimum absolute atomic E-state index is 0.275. The summed E-state index contributed by atoms with van der Waals surface area (Å²) in [5.41, 5.74) is 0.989. The Morgan fingerprint density at radius 1 is 1.12 bits per heavy atom. The van der Waals surface area contributed by atoms with Gasteiger partial charge in [-0.3, -0.25) is 4.90 Å². The molecule has 0 amide bonds. The lowest BCUT2D eigenvalue weighted by Gasteiger charge is -2.34. The van der Waals surface area contributed by atoms with Crippen molar-refractivity contribution >= 4 is 11.9 Å². The van der Waals surface area contributed by atoms with E-state index < -0.39 is 0 Å². The SMILES string of the molecule is Cc1cc(CN2CCN(c3nc(C(C)C)nc(N(C)C)n3)CC2)no1. The topological polar surface area (TPSA) is 74.4 Å². The van der Waals surface area contributed by atoms with Crippen LogP contribution >= 0.6 is 0 Å². The number of rotatable bonds is 5. The average Bonchev–Trinajstić information content (AvgIpc) is 3.00. The van der Waals surface area contributed by atoms with Crippen molar-refractivity contribution in [2.45, 2.75) is 33.2 Å². The Balaban J connectivity index is 1.67. The Kier molecular flexibility index (Phi) is 5.17. The standard InChI is InChI=1S/C17H27N7O/c1-12(2)15-18-16(22(4)5)20-17(19-15)24-8-6-23(7-9-24)11-14-10-13(3)25-21-14/h10,12H,6-9,11H2,1-5H3. The molecule has 1 fully saturated rings. The summed E-state index contributed by atoms with van der Waals surface area (Å²) < 4.78 is 5.15. The Morgan fingerprint density at radius 3 is 2.40 bits per heavy atom. The maximum atomic E-state index is 5.15. The molecule has 1 saturated heterocycles. The smallest absolute Gasteiger partial charge is 0.230 e. The van der Waals surface area contributed by atoms with Crippen LogP contribution in [0.2, 0.25) is 0 Å². The van der Waals surface area contributed by atoms with Crippen LogP contribution in [-0.2, 0) is 6.54 Å². The molecule has 0 saturated carbocycles. The number of aromatic nitrogens is 4. The first-order valence-electron chi connectivity index (χ1n) is 8.75. The van der Waals surface area contributed by atoms with Crippen LogP contribution in [-0.4, -0.2) is 65.3 Å². The van der Waals surface area contributed by atoms with E-state index >= 15 is 0 Å². The predicted octanol–water partition coefficient (Wildman–Crippen LogP) is 1.68. The van der Waals surface area contributed by atoms with E-state index in [1.807, 2.05) is 32.0 Å². The van der Waals surface area contributed by atoms with E-state index in [0.29, 0.717) is 5.95 Å². The lowest BCUT2D eigenvalue weighted by molar-refractivity contribution is 0.240. The van der Waals surface area contributed by atoms with Gasteiger partial charge in [0.1, 0.15) is 11.6 Å². The van der Waals surface area contributed by atoms with Crippen LogP contribution in [0, 0.1) is 6.92 Å². The van der Waals surface area contributed by atoms with Crippen molar-refractivity contribution in [3.63, 3.8) is 0 Å². The summed E-state index contributed by atoms with van der Waals surface area (Å²) in [4.78, 5) is 20.4. The van der Waals surface area contributed by atoms with Gasteiger partial charge in [0.05, 0.1) is 5.69 Å². The molecule has 3 heterocycles. The summed E-state index contributed by atoms with van der Waals surface area (Å²) in [5.74, 6) is 3.47. The largest absolute Gasteiger partial charge is 0.361 e. The fraction of sp³-hybridized carbons (Fsp3) is 0.647. The Bertz CT molecular complexity index is 679. The summed E-state index contributed by atoms with van der Waals surface area (Å²) in [6.07, 6.45) is 0. The monoisotopic (exact) mass is 345 g/mol. The van der Waals surface area contributed by atoms with Gasteiger partial charge in [-0.25, -0.2) is 0 Å². The molecule has 25 heavy (non-hydrogen) atoms. The first-order chi connectivity index (χ1) is 11.9. The fourth-order valence-electron chi connectivity index (χ4n) is 2.80. The van der Waals surface area contributed by atoms with Crippen molar-refractivity contribution in [2.24, 2.45) is 0 Å². The molecule has 2 aromatic rings. The highest BCUT2D eigenvalue weighted by atomic mass is 16.5. The van der Waals surface area contributed by atoms with Crippen LogP contribution in [0.3, 0.4) is 0 Å². The number of nitrogens with zero attached hydrogens (tertiary/aromatic N) is 7.